The molecule has 0 amide bonds. The van der Waals surface area contributed by atoms with Crippen LogP contribution in [0.25, 0.3) is 0 Å². The van der Waals surface area contributed by atoms with Gasteiger partial charge in [-0.25, -0.2) is 0 Å². The number of Topliss-reactive ketones (excluding diaryl/α,β-unsaturated/α-hetero) is 1. The number of hydrogen-bond donors (Lipinski definition) is 1. The molecule has 15 heavy (non-hydrogen) atoms. The van der Waals surface area contributed by atoms with Gasteiger partial charge >= 0.3 is 0 Å². The van der Waals surface area contributed by atoms with E-state index in [0.29, 0.717) is 5.92 Å². The zero-order valence-electron chi connectivity index (χ0n) is 9.77. The summed E-state index contributed by atoms with van der Waals surface area (Å²) in [5.74, 6) is 1.01. The zero-order chi connectivity index (χ0) is 11.6. The van der Waals surface area contributed by atoms with E-state index in [1.807, 2.05) is 0 Å². The van der Waals surface area contributed by atoms with Crippen molar-refractivity contribution in [2.75, 3.05) is 31.4 Å². The van der Waals surface area contributed by atoms with E-state index >= 15 is 0 Å². The molecule has 0 aromatic carbocycles. The summed E-state index contributed by atoms with van der Waals surface area (Å²) >= 11 is 0. The summed E-state index contributed by atoms with van der Waals surface area (Å²) in [6, 6.07) is 0. The number of carbonyl (C=O) groups is 1. The molecule has 1 unspecified atom stereocenters. The van der Waals surface area contributed by atoms with E-state index in [9.17, 15) is 9.00 Å². The van der Waals surface area contributed by atoms with Crippen LogP contribution in [0.3, 0.4) is 0 Å². The number of nitrogens with zero attached hydrogens (tertiary/aromatic N) is 1. The Kier molecular flexibility index (Phi) is 4.45. The van der Waals surface area contributed by atoms with Gasteiger partial charge in [0.15, 0.2) is 0 Å². The van der Waals surface area contributed by atoms with Crippen molar-refractivity contribution in [3.8, 4) is 0 Å². The Morgan fingerprint density at radius 2 is 2.07 bits per heavy atom. The Morgan fingerprint density at radius 3 is 2.53 bits per heavy atom. The van der Waals surface area contributed by atoms with Crippen LogP contribution in [0, 0.1) is 11.8 Å². The molecule has 0 aromatic rings. The Morgan fingerprint density at radius 1 is 1.47 bits per heavy atom. The standard InChI is InChI=1S/C10H22NO2PS/c1-4-8-5-11(14)6-9(8)10(12)7-15(2,3)13/h8-9,15H,4-7,14H2,1-3H3/t8-,9+/m1/s1. The minimum Gasteiger partial charge on any atom is -0.298 e. The maximum atomic E-state index is 12.0. The highest BCUT2D eigenvalue weighted by Crippen LogP contribution is 2.29. The van der Waals surface area contributed by atoms with E-state index in [0.717, 1.165) is 19.5 Å². The van der Waals surface area contributed by atoms with Crippen molar-refractivity contribution in [3.05, 3.63) is 0 Å². The maximum absolute atomic E-state index is 12.0. The van der Waals surface area contributed by atoms with Gasteiger partial charge in [0.25, 0.3) is 0 Å². The molecule has 3 nitrogen and oxygen atoms in total. The van der Waals surface area contributed by atoms with Gasteiger partial charge in [0.2, 0.25) is 0 Å². The molecule has 0 N–H and O–H groups in total. The molecule has 0 spiro atoms. The highest BCUT2D eigenvalue weighted by atomic mass is 32.2. The van der Waals surface area contributed by atoms with Crippen molar-refractivity contribution in [2.24, 2.45) is 11.8 Å². The van der Waals surface area contributed by atoms with Crippen molar-refractivity contribution in [3.63, 3.8) is 0 Å². The van der Waals surface area contributed by atoms with Crippen LogP contribution < -0.4 is 0 Å². The monoisotopic (exact) mass is 251 g/mol. The van der Waals surface area contributed by atoms with Crippen LogP contribution >= 0.6 is 9.39 Å². The third-order valence-electron chi connectivity index (χ3n) is 2.94. The molecule has 1 saturated heterocycles. The van der Waals surface area contributed by atoms with Crippen LogP contribution in [-0.2, 0) is 14.7 Å². The lowest BCUT2D eigenvalue weighted by atomic mass is 9.91. The van der Waals surface area contributed by atoms with Gasteiger partial charge in [0, 0.05) is 19.0 Å². The lowest BCUT2D eigenvalue weighted by Gasteiger charge is -2.18. The molecule has 3 atom stereocenters. The van der Waals surface area contributed by atoms with Crippen LogP contribution in [0.1, 0.15) is 13.3 Å². The number of carbonyl (C=O) groups excluding carboxylic acids is 1. The molecule has 0 bridgehead atoms. The predicted molar refractivity (Wildman–Crippen MR) is 69.8 cm³/mol. The number of thiol groups is 1. The third-order valence-corrected chi connectivity index (χ3v) is 4.44. The minimum absolute atomic E-state index is 0.0979. The first kappa shape index (κ1) is 13.3. The normalized spacial score (nSPS) is 29.3. The Balaban J connectivity index is 2.63. The van der Waals surface area contributed by atoms with E-state index in [-0.39, 0.29) is 17.5 Å². The van der Waals surface area contributed by atoms with Gasteiger partial charge in [-0.2, -0.15) is 0 Å². The van der Waals surface area contributed by atoms with E-state index in [1.54, 1.807) is 12.5 Å². The van der Waals surface area contributed by atoms with Crippen LogP contribution in [0.2, 0.25) is 0 Å². The van der Waals surface area contributed by atoms with E-state index < -0.39 is 9.93 Å². The highest BCUT2D eigenvalue weighted by molar-refractivity contribution is 8.02. The molecule has 0 aromatic heterocycles. The average Bonchev–Trinajstić information content (AvgIpc) is 2.43. The van der Waals surface area contributed by atoms with Crippen LogP contribution in [-0.4, -0.2) is 46.0 Å². The first-order chi connectivity index (χ1) is 6.83. The third kappa shape index (κ3) is 3.93. The second-order valence-corrected chi connectivity index (χ2v) is 9.12. The zero-order valence-corrected chi connectivity index (χ0v) is 11.8. The van der Waals surface area contributed by atoms with Crippen molar-refractivity contribution in [1.29, 1.82) is 0 Å². The summed E-state index contributed by atoms with van der Waals surface area (Å²) in [7, 11) is 0.452. The van der Waals surface area contributed by atoms with E-state index in [2.05, 4.69) is 21.0 Å². The SMILES string of the molecule is CC[C@@H]1CN(P)C[C@@H]1C(=O)C[SH](C)(C)=O. The Bertz CT molecular complexity index is 289. The smallest absolute Gasteiger partial charge is 0.148 e. The first-order valence-electron chi connectivity index (χ1n) is 5.40. The second kappa shape index (κ2) is 5.03. The average molecular weight is 251 g/mol. The van der Waals surface area contributed by atoms with Crippen LogP contribution in [0.4, 0.5) is 0 Å². The molecule has 1 aliphatic heterocycles. The fourth-order valence-electron chi connectivity index (χ4n) is 2.18. The van der Waals surface area contributed by atoms with Gasteiger partial charge in [-0.3, -0.25) is 13.7 Å². The quantitative estimate of drug-likeness (QED) is 0.586. The maximum Gasteiger partial charge on any atom is 0.148 e. The first-order valence-corrected chi connectivity index (χ1v) is 8.70. The van der Waals surface area contributed by atoms with Gasteiger partial charge in [-0.1, -0.05) is 22.7 Å². The largest absolute Gasteiger partial charge is 0.298 e. The highest BCUT2D eigenvalue weighted by Gasteiger charge is 2.35. The van der Waals surface area contributed by atoms with Crippen molar-refractivity contribution < 1.29 is 9.00 Å². The molecule has 5 heteroatoms. The summed E-state index contributed by atoms with van der Waals surface area (Å²) in [4.78, 5) is 12.0. The van der Waals surface area contributed by atoms with Crippen LogP contribution in [0.5, 0.6) is 0 Å². The minimum atomic E-state index is -2.21. The molecule has 90 valence electrons. The predicted octanol–water partition coefficient (Wildman–Crippen LogP) is 0.580. The number of rotatable bonds is 4. The summed E-state index contributed by atoms with van der Waals surface area (Å²) < 4.78 is 13.7. The van der Waals surface area contributed by atoms with Gasteiger partial charge < -0.3 is 0 Å². The van der Waals surface area contributed by atoms with Gasteiger partial charge in [-0.05, 0) is 18.4 Å². The Labute approximate surface area is 95.7 Å². The van der Waals surface area contributed by atoms with Crippen molar-refractivity contribution in [2.45, 2.75) is 13.3 Å². The number of hydrogen-bond acceptors (Lipinski definition) is 3. The lowest BCUT2D eigenvalue weighted by molar-refractivity contribution is -0.121. The lowest BCUT2D eigenvalue weighted by Crippen LogP contribution is -2.30. The molecule has 0 radical (unpaired) electrons. The fraction of sp³-hybridized carbons (Fsp3) is 0.900. The molecular formula is C10H22NO2PS. The van der Waals surface area contributed by atoms with Crippen LogP contribution in [0.15, 0.2) is 0 Å². The topological polar surface area (TPSA) is 37.4 Å². The van der Waals surface area contributed by atoms with Crippen molar-refractivity contribution in [1.82, 2.24) is 4.67 Å². The van der Waals surface area contributed by atoms with E-state index in [4.69, 9.17) is 0 Å². The van der Waals surface area contributed by atoms with Gasteiger partial charge in [0.1, 0.15) is 5.78 Å². The van der Waals surface area contributed by atoms with Gasteiger partial charge in [-0.15, -0.1) is 9.93 Å². The molecular weight excluding hydrogens is 229 g/mol. The molecule has 1 heterocycles. The molecule has 0 saturated carbocycles. The molecule has 1 aliphatic rings. The fourth-order valence-corrected chi connectivity index (χ4v) is 3.66. The second-order valence-electron chi connectivity index (χ2n) is 4.93. The number of ketones is 1. The van der Waals surface area contributed by atoms with Gasteiger partial charge in [0.05, 0.1) is 5.75 Å². The van der Waals surface area contributed by atoms with E-state index in [1.165, 1.54) is 0 Å². The summed E-state index contributed by atoms with van der Waals surface area (Å²) in [6.07, 6.45) is 4.41. The summed E-state index contributed by atoms with van der Waals surface area (Å²) in [5, 5.41) is 0. The summed E-state index contributed by atoms with van der Waals surface area (Å²) in [5.41, 5.74) is 0. The Hall–Kier alpha value is 0.210. The molecule has 1 rings (SSSR count). The molecule has 0 aliphatic carbocycles. The van der Waals surface area contributed by atoms with Crippen molar-refractivity contribution >= 4 is 25.1 Å². The molecule has 1 fully saturated rings. The summed E-state index contributed by atoms with van der Waals surface area (Å²) in [6.45, 7) is 3.89.